The molecule has 0 atom stereocenters. The van der Waals surface area contributed by atoms with E-state index in [1.807, 2.05) is 33.8 Å². The molecule has 0 amide bonds. The number of hydrogen-bond acceptors (Lipinski definition) is 8. The molecular formula is C30H43N5O4. The topological polar surface area (TPSA) is 105 Å². The van der Waals surface area contributed by atoms with Crippen molar-refractivity contribution in [3.8, 4) is 28.9 Å². The Morgan fingerprint density at radius 1 is 1.18 bits per heavy atom. The van der Waals surface area contributed by atoms with Crippen molar-refractivity contribution in [2.75, 3.05) is 6.61 Å². The Hall–Kier alpha value is -3.23. The zero-order valence-electron chi connectivity index (χ0n) is 24.8. The van der Waals surface area contributed by atoms with Crippen LogP contribution in [0.25, 0.3) is 23.0 Å². The van der Waals surface area contributed by atoms with Gasteiger partial charge in [0.2, 0.25) is 11.7 Å². The highest BCUT2D eigenvalue weighted by Gasteiger charge is 2.32. The van der Waals surface area contributed by atoms with E-state index in [1.165, 1.54) is 11.3 Å². The van der Waals surface area contributed by atoms with E-state index in [0.717, 1.165) is 61.2 Å². The minimum absolute atomic E-state index is 0.180. The lowest BCUT2D eigenvalue weighted by molar-refractivity contribution is -0.154. The number of carbonyl (C=O) groups is 1. The third-order valence-corrected chi connectivity index (χ3v) is 7.10. The molecule has 0 aliphatic heterocycles. The van der Waals surface area contributed by atoms with E-state index in [2.05, 4.69) is 37.5 Å². The van der Waals surface area contributed by atoms with Crippen molar-refractivity contribution in [1.29, 1.82) is 0 Å². The number of nitrogens with zero attached hydrogens (tertiary/aromatic N) is 5. The summed E-state index contributed by atoms with van der Waals surface area (Å²) < 4.78 is 19.2. The lowest BCUT2D eigenvalue weighted by Crippen LogP contribution is -2.24. The Bertz CT molecular complexity index is 1320. The van der Waals surface area contributed by atoms with Gasteiger partial charge in [0.25, 0.3) is 5.89 Å². The van der Waals surface area contributed by atoms with E-state index in [-0.39, 0.29) is 11.4 Å². The fourth-order valence-electron chi connectivity index (χ4n) is 5.02. The second-order valence-electron chi connectivity index (χ2n) is 12.2. The molecule has 39 heavy (non-hydrogen) atoms. The first-order chi connectivity index (χ1) is 18.4. The number of esters is 1. The summed E-state index contributed by atoms with van der Waals surface area (Å²) in [4.78, 5) is 21.4. The number of pyridine rings is 1. The molecule has 4 rings (SSSR count). The summed E-state index contributed by atoms with van der Waals surface area (Å²) in [7, 11) is 0. The zero-order chi connectivity index (χ0) is 28.4. The largest absolute Gasteiger partial charge is 0.477 e. The van der Waals surface area contributed by atoms with Crippen LogP contribution in [0, 0.1) is 12.3 Å². The van der Waals surface area contributed by atoms with Gasteiger partial charge in [0, 0.05) is 35.3 Å². The maximum absolute atomic E-state index is 11.9. The molecule has 9 nitrogen and oxygen atoms in total. The minimum atomic E-state index is -0.458. The number of fused-ring (bicyclic) bond motifs is 1. The van der Waals surface area contributed by atoms with Crippen molar-refractivity contribution >= 4 is 5.97 Å². The van der Waals surface area contributed by atoms with E-state index in [9.17, 15) is 4.79 Å². The van der Waals surface area contributed by atoms with Crippen LogP contribution in [0.15, 0.2) is 10.6 Å². The molecule has 0 unspecified atom stereocenters. The van der Waals surface area contributed by atoms with E-state index in [1.54, 1.807) is 0 Å². The number of aryl methyl sites for hydroxylation is 3. The number of aromatic nitrogens is 5. The van der Waals surface area contributed by atoms with Gasteiger partial charge in [0.05, 0.1) is 12.3 Å². The highest BCUT2D eigenvalue weighted by atomic mass is 16.6. The van der Waals surface area contributed by atoms with Gasteiger partial charge in [-0.2, -0.15) is 10.1 Å². The molecule has 1 aliphatic rings. The first-order valence-corrected chi connectivity index (χ1v) is 14.2. The summed E-state index contributed by atoms with van der Waals surface area (Å²) in [6, 6.07) is 2.04. The second kappa shape index (κ2) is 11.5. The first-order valence-electron chi connectivity index (χ1n) is 14.2. The van der Waals surface area contributed by atoms with Crippen molar-refractivity contribution in [3.63, 3.8) is 0 Å². The smallest absolute Gasteiger partial charge is 0.306 e. The Balaban J connectivity index is 1.46. The Kier molecular flexibility index (Phi) is 8.47. The van der Waals surface area contributed by atoms with E-state index in [0.29, 0.717) is 37.0 Å². The second-order valence-corrected chi connectivity index (χ2v) is 12.2. The summed E-state index contributed by atoms with van der Waals surface area (Å²) >= 11 is 0. The molecule has 1 aliphatic carbocycles. The Morgan fingerprint density at radius 3 is 2.64 bits per heavy atom. The number of unbranched alkanes of at least 4 members (excludes halogenated alkanes) is 1. The average Bonchev–Trinajstić information content (AvgIpc) is 3.46. The molecular weight excluding hydrogens is 494 g/mol. The fourth-order valence-corrected chi connectivity index (χ4v) is 5.02. The van der Waals surface area contributed by atoms with Crippen LogP contribution in [-0.4, -0.2) is 43.1 Å². The van der Waals surface area contributed by atoms with Crippen LogP contribution in [-0.2, 0) is 35.3 Å². The van der Waals surface area contributed by atoms with Gasteiger partial charge in [-0.1, -0.05) is 25.9 Å². The normalized spacial score (nSPS) is 14.8. The van der Waals surface area contributed by atoms with Gasteiger partial charge in [0.15, 0.2) is 5.69 Å². The van der Waals surface area contributed by atoms with Gasteiger partial charge in [-0.05, 0) is 84.6 Å². The maximum atomic E-state index is 11.9. The van der Waals surface area contributed by atoms with Crippen LogP contribution in [0.4, 0.5) is 0 Å². The molecule has 0 fully saturated rings. The summed E-state index contributed by atoms with van der Waals surface area (Å²) in [6.45, 7) is 17.7. The third kappa shape index (κ3) is 6.86. The number of rotatable bonds is 10. The van der Waals surface area contributed by atoms with Crippen molar-refractivity contribution in [3.05, 3.63) is 28.6 Å². The molecule has 3 heterocycles. The van der Waals surface area contributed by atoms with Crippen LogP contribution >= 0.6 is 0 Å². The molecule has 9 heteroatoms. The average molecular weight is 538 g/mol. The first kappa shape index (κ1) is 28.8. The van der Waals surface area contributed by atoms with E-state index in [4.69, 9.17) is 29.1 Å². The van der Waals surface area contributed by atoms with Gasteiger partial charge in [-0.25, -0.2) is 4.98 Å². The number of carbonyl (C=O) groups excluding carboxylic acids is 1. The lowest BCUT2D eigenvalue weighted by atomic mass is 9.76. The SMILES string of the molecule is CCc1cc(-c2noc(-c3nn(CC)c4c3CCC(C)(C)C4)n2)c(C)nc1OCCCCC(=O)OC(C)(C)C. The van der Waals surface area contributed by atoms with E-state index < -0.39 is 5.60 Å². The number of hydrogen-bond donors (Lipinski definition) is 0. The lowest BCUT2D eigenvalue weighted by Gasteiger charge is -2.30. The molecule has 0 saturated carbocycles. The molecule has 0 aromatic carbocycles. The molecule has 0 radical (unpaired) electrons. The highest BCUT2D eigenvalue weighted by molar-refractivity contribution is 5.69. The van der Waals surface area contributed by atoms with Crippen molar-refractivity contribution in [2.24, 2.45) is 5.41 Å². The van der Waals surface area contributed by atoms with Crippen molar-refractivity contribution in [1.82, 2.24) is 24.9 Å². The minimum Gasteiger partial charge on any atom is -0.477 e. The maximum Gasteiger partial charge on any atom is 0.306 e. The third-order valence-electron chi connectivity index (χ3n) is 7.10. The molecule has 0 saturated heterocycles. The predicted molar refractivity (Wildman–Crippen MR) is 150 cm³/mol. The van der Waals surface area contributed by atoms with Crippen LogP contribution in [0.2, 0.25) is 0 Å². The summed E-state index contributed by atoms with van der Waals surface area (Å²) in [6.07, 6.45) is 5.63. The van der Waals surface area contributed by atoms with Crippen LogP contribution < -0.4 is 4.74 Å². The fraction of sp³-hybridized carbons (Fsp3) is 0.633. The van der Waals surface area contributed by atoms with Gasteiger partial charge < -0.3 is 14.0 Å². The van der Waals surface area contributed by atoms with Gasteiger partial charge in [-0.3, -0.25) is 9.48 Å². The molecule has 0 N–H and O–H groups in total. The monoisotopic (exact) mass is 537 g/mol. The quantitative estimate of drug-likeness (QED) is 0.219. The van der Waals surface area contributed by atoms with Crippen molar-refractivity contribution in [2.45, 2.75) is 112 Å². The summed E-state index contributed by atoms with van der Waals surface area (Å²) in [5.41, 5.74) is 5.68. The summed E-state index contributed by atoms with van der Waals surface area (Å²) in [5.74, 6) is 1.39. The molecule has 3 aromatic heterocycles. The van der Waals surface area contributed by atoms with Gasteiger partial charge in [-0.15, -0.1) is 0 Å². The standard InChI is InChI=1S/C30H43N5O4/c1-9-20-17-22(19(3)31-27(20)37-16-12-11-13-24(36)38-29(4,5)6)26-32-28(39-34-26)25-21-14-15-30(7,8)18-23(21)35(10-2)33-25/h17H,9-16,18H2,1-8H3. The predicted octanol–water partition coefficient (Wildman–Crippen LogP) is 6.29. The Labute approximate surface area is 231 Å². The number of ether oxygens (including phenoxy) is 2. The van der Waals surface area contributed by atoms with E-state index >= 15 is 0 Å². The summed E-state index contributed by atoms with van der Waals surface area (Å²) in [5, 5.41) is 9.17. The van der Waals surface area contributed by atoms with Crippen LogP contribution in [0.3, 0.4) is 0 Å². The van der Waals surface area contributed by atoms with Crippen molar-refractivity contribution < 1.29 is 18.8 Å². The molecule has 212 valence electrons. The molecule has 0 bridgehead atoms. The zero-order valence-corrected chi connectivity index (χ0v) is 24.8. The van der Waals surface area contributed by atoms with Gasteiger partial charge in [0.1, 0.15) is 5.60 Å². The van der Waals surface area contributed by atoms with Gasteiger partial charge >= 0.3 is 5.97 Å². The van der Waals surface area contributed by atoms with Crippen LogP contribution in [0.1, 0.15) is 96.7 Å². The van der Waals surface area contributed by atoms with Crippen LogP contribution in [0.5, 0.6) is 5.88 Å². The molecule has 0 spiro atoms. The Morgan fingerprint density at radius 2 is 1.95 bits per heavy atom. The molecule has 3 aromatic rings. The highest BCUT2D eigenvalue weighted by Crippen LogP contribution is 2.39.